The number of aromatic nitrogens is 1. The van der Waals surface area contributed by atoms with Crippen LogP contribution in [0.4, 0.5) is 11.4 Å². The number of nitrogens with one attached hydrogen (secondary N) is 1. The second kappa shape index (κ2) is 9.79. The Morgan fingerprint density at radius 3 is 2.55 bits per heavy atom. The van der Waals surface area contributed by atoms with Crippen LogP contribution in [-0.2, 0) is 17.2 Å². The number of benzene rings is 2. The molecule has 1 N–H and O–H groups in total. The third kappa shape index (κ3) is 5.10. The van der Waals surface area contributed by atoms with E-state index in [1.807, 2.05) is 37.3 Å². The summed E-state index contributed by atoms with van der Waals surface area (Å²) in [6.45, 7) is 5.98. The molecule has 5 heteroatoms. The van der Waals surface area contributed by atoms with Gasteiger partial charge in [-0.05, 0) is 55.2 Å². The lowest BCUT2D eigenvalue weighted by molar-refractivity contribution is 0.0989. The van der Waals surface area contributed by atoms with Crippen molar-refractivity contribution in [2.24, 2.45) is 0 Å². The van der Waals surface area contributed by atoms with E-state index < -0.39 is 10.8 Å². The van der Waals surface area contributed by atoms with Crippen molar-refractivity contribution in [3.05, 3.63) is 65.4 Å². The predicted octanol–water partition coefficient (Wildman–Crippen LogP) is 5.58. The van der Waals surface area contributed by atoms with Gasteiger partial charge in [0.1, 0.15) is 0 Å². The summed E-state index contributed by atoms with van der Waals surface area (Å²) < 4.78 is 12.1. The summed E-state index contributed by atoms with van der Waals surface area (Å²) in [5, 5.41) is 4.37. The zero-order chi connectivity index (χ0) is 20.8. The van der Waals surface area contributed by atoms with Gasteiger partial charge >= 0.3 is 0 Å². The molecule has 0 saturated heterocycles. The van der Waals surface area contributed by atoms with Crippen molar-refractivity contribution >= 4 is 38.9 Å². The minimum Gasteiger partial charge on any atom is -0.354 e. The summed E-state index contributed by atoms with van der Waals surface area (Å²) in [6.07, 6.45) is 3.78. The Hall–Kier alpha value is -2.53. The normalized spacial score (nSPS) is 12.1. The summed E-state index contributed by atoms with van der Waals surface area (Å²) in [5.41, 5.74) is 5.47. The van der Waals surface area contributed by atoms with E-state index in [0.717, 1.165) is 52.0 Å². The van der Waals surface area contributed by atoms with Gasteiger partial charge in [-0.3, -0.25) is 14.0 Å². The van der Waals surface area contributed by atoms with Crippen LogP contribution < -0.4 is 5.32 Å². The van der Waals surface area contributed by atoms with Gasteiger partial charge in [-0.25, -0.2) is 0 Å². The van der Waals surface area contributed by atoms with E-state index in [4.69, 9.17) is 0 Å². The lowest BCUT2D eigenvalue weighted by Crippen LogP contribution is -2.07. The highest BCUT2D eigenvalue weighted by Crippen LogP contribution is 2.32. The van der Waals surface area contributed by atoms with E-state index >= 15 is 0 Å². The molecule has 0 fully saturated rings. The van der Waals surface area contributed by atoms with Gasteiger partial charge < -0.3 is 5.32 Å². The summed E-state index contributed by atoms with van der Waals surface area (Å²) in [5.74, 6) is 1.45. The molecule has 2 aromatic carbocycles. The lowest BCUT2D eigenvalue weighted by Gasteiger charge is -2.16. The number of carbonyl (C=O) groups excluding carboxylic acids is 1. The number of anilines is 2. The predicted molar refractivity (Wildman–Crippen MR) is 123 cm³/mol. The molecule has 3 rings (SSSR count). The van der Waals surface area contributed by atoms with Crippen LogP contribution in [0.25, 0.3) is 10.9 Å². The standard InChI is InChI=1S/C24H28N2O2S/c1-4-12-29(28)13-11-18-15-20-22(14-17(18)3)25-16-21(23(27)5-2)24(20)26-19-9-7-6-8-10-19/h6-10,14-16H,4-5,11-13H2,1-3H3,(H,25,26). The SMILES string of the molecule is CCCS(=O)CCc1cc2c(Nc3ccccc3)c(C(=O)CC)cnc2cc1C. The molecule has 1 heterocycles. The van der Waals surface area contributed by atoms with Crippen molar-refractivity contribution in [3.63, 3.8) is 0 Å². The summed E-state index contributed by atoms with van der Waals surface area (Å²) >= 11 is 0. The van der Waals surface area contributed by atoms with Crippen LogP contribution in [0.2, 0.25) is 0 Å². The van der Waals surface area contributed by atoms with Crippen molar-refractivity contribution < 1.29 is 9.00 Å². The largest absolute Gasteiger partial charge is 0.354 e. The monoisotopic (exact) mass is 408 g/mol. The second-order valence-electron chi connectivity index (χ2n) is 7.21. The molecule has 0 saturated carbocycles. The van der Waals surface area contributed by atoms with Crippen molar-refractivity contribution in [3.8, 4) is 0 Å². The summed E-state index contributed by atoms with van der Waals surface area (Å²) in [4.78, 5) is 17.1. The van der Waals surface area contributed by atoms with Gasteiger partial charge in [0.2, 0.25) is 0 Å². The number of pyridine rings is 1. The van der Waals surface area contributed by atoms with Gasteiger partial charge in [0.15, 0.2) is 5.78 Å². The first-order valence-electron chi connectivity index (χ1n) is 10.2. The van der Waals surface area contributed by atoms with E-state index in [1.165, 1.54) is 0 Å². The van der Waals surface area contributed by atoms with E-state index in [2.05, 4.69) is 36.3 Å². The Bertz CT molecular complexity index is 1030. The van der Waals surface area contributed by atoms with Gasteiger partial charge in [0.25, 0.3) is 0 Å². The van der Waals surface area contributed by atoms with Crippen LogP contribution in [0.1, 0.15) is 48.2 Å². The van der Waals surface area contributed by atoms with Crippen molar-refractivity contribution in [2.45, 2.75) is 40.0 Å². The number of hydrogen-bond donors (Lipinski definition) is 1. The first-order valence-corrected chi connectivity index (χ1v) is 11.6. The third-order valence-corrected chi connectivity index (χ3v) is 6.54. The summed E-state index contributed by atoms with van der Waals surface area (Å²) in [7, 11) is -0.798. The molecule has 0 aliphatic heterocycles. The Labute approximate surface area is 175 Å². The van der Waals surface area contributed by atoms with Crippen LogP contribution in [0.3, 0.4) is 0 Å². The van der Waals surface area contributed by atoms with Crippen LogP contribution in [0.5, 0.6) is 0 Å². The van der Waals surface area contributed by atoms with Crippen LogP contribution in [0, 0.1) is 6.92 Å². The molecular formula is C24H28N2O2S. The highest BCUT2D eigenvalue weighted by Gasteiger charge is 2.16. The Balaban J connectivity index is 2.08. The fourth-order valence-corrected chi connectivity index (χ4v) is 4.52. The van der Waals surface area contributed by atoms with Gasteiger partial charge in [-0.2, -0.15) is 0 Å². The average molecular weight is 409 g/mol. The number of para-hydroxylation sites is 1. The average Bonchev–Trinajstić information content (AvgIpc) is 2.73. The number of Topliss-reactive ketones (excluding diaryl/α,β-unsaturated/α-hetero) is 1. The fraction of sp³-hybridized carbons (Fsp3) is 0.333. The van der Waals surface area contributed by atoms with Gasteiger partial charge in [0.05, 0.1) is 16.8 Å². The molecule has 0 amide bonds. The smallest absolute Gasteiger partial charge is 0.166 e. The quantitative estimate of drug-likeness (QED) is 0.470. The topological polar surface area (TPSA) is 59.1 Å². The molecule has 152 valence electrons. The van der Waals surface area contributed by atoms with Crippen molar-refractivity contribution in [1.82, 2.24) is 4.98 Å². The molecule has 1 aromatic heterocycles. The van der Waals surface area contributed by atoms with E-state index in [1.54, 1.807) is 6.20 Å². The molecule has 0 spiro atoms. The van der Waals surface area contributed by atoms with Crippen molar-refractivity contribution in [1.29, 1.82) is 0 Å². The van der Waals surface area contributed by atoms with Crippen molar-refractivity contribution in [2.75, 3.05) is 16.8 Å². The molecule has 0 aliphatic carbocycles. The highest BCUT2D eigenvalue weighted by atomic mass is 32.2. The molecule has 0 aliphatic rings. The van der Waals surface area contributed by atoms with E-state index in [0.29, 0.717) is 17.7 Å². The maximum Gasteiger partial charge on any atom is 0.166 e. The van der Waals surface area contributed by atoms with Crippen LogP contribution >= 0.6 is 0 Å². The molecule has 1 unspecified atom stereocenters. The molecule has 0 radical (unpaired) electrons. The number of carbonyl (C=O) groups is 1. The number of nitrogens with zero attached hydrogens (tertiary/aromatic N) is 1. The molecular weight excluding hydrogens is 380 g/mol. The molecule has 1 atom stereocenters. The molecule has 4 nitrogen and oxygen atoms in total. The third-order valence-electron chi connectivity index (χ3n) is 5.02. The van der Waals surface area contributed by atoms with Gasteiger partial charge in [0, 0.05) is 46.0 Å². The Kier molecular flexibility index (Phi) is 7.15. The maximum absolute atomic E-state index is 12.6. The molecule has 3 aromatic rings. The first kappa shape index (κ1) is 21.2. The highest BCUT2D eigenvalue weighted by molar-refractivity contribution is 7.84. The maximum atomic E-state index is 12.6. The van der Waals surface area contributed by atoms with Gasteiger partial charge in [-0.15, -0.1) is 0 Å². The summed E-state index contributed by atoms with van der Waals surface area (Å²) in [6, 6.07) is 14.0. The zero-order valence-corrected chi connectivity index (χ0v) is 18.1. The first-order chi connectivity index (χ1) is 14.0. The molecule has 29 heavy (non-hydrogen) atoms. The van der Waals surface area contributed by atoms with E-state index in [-0.39, 0.29) is 5.78 Å². The van der Waals surface area contributed by atoms with E-state index in [9.17, 15) is 9.00 Å². The number of aryl methyl sites for hydroxylation is 2. The van der Waals surface area contributed by atoms with Crippen LogP contribution in [-0.4, -0.2) is 26.5 Å². The van der Waals surface area contributed by atoms with Crippen LogP contribution in [0.15, 0.2) is 48.7 Å². The lowest BCUT2D eigenvalue weighted by atomic mass is 9.98. The Morgan fingerprint density at radius 1 is 1.10 bits per heavy atom. The number of hydrogen-bond acceptors (Lipinski definition) is 4. The minimum absolute atomic E-state index is 0.0593. The van der Waals surface area contributed by atoms with Gasteiger partial charge in [-0.1, -0.05) is 32.0 Å². The number of ketones is 1. The fourth-order valence-electron chi connectivity index (χ4n) is 3.41. The zero-order valence-electron chi connectivity index (χ0n) is 17.3. The number of rotatable bonds is 9. The molecule has 0 bridgehead atoms. The Morgan fingerprint density at radius 2 is 1.86 bits per heavy atom. The minimum atomic E-state index is -0.798. The number of fused-ring (bicyclic) bond motifs is 1. The second-order valence-corrected chi connectivity index (χ2v) is 8.90.